The first kappa shape index (κ1) is 12.5. The Labute approximate surface area is 114 Å². The van der Waals surface area contributed by atoms with Crippen LogP contribution in [-0.2, 0) is 4.79 Å². The Morgan fingerprint density at radius 1 is 1.37 bits per heavy atom. The van der Waals surface area contributed by atoms with Crippen LogP contribution in [0.2, 0.25) is 0 Å². The van der Waals surface area contributed by atoms with Gasteiger partial charge in [0.15, 0.2) is 0 Å². The lowest BCUT2D eigenvalue weighted by atomic mass is 9.86. The number of benzene rings is 1. The van der Waals surface area contributed by atoms with Crippen LogP contribution in [-0.4, -0.2) is 13.0 Å². The van der Waals surface area contributed by atoms with Gasteiger partial charge in [0.2, 0.25) is 5.91 Å². The molecule has 2 bridgehead atoms. The molecule has 1 amide bonds. The van der Waals surface area contributed by atoms with E-state index in [1.807, 2.05) is 24.3 Å². The van der Waals surface area contributed by atoms with Crippen LogP contribution in [0.3, 0.4) is 0 Å². The average Bonchev–Trinajstić information content (AvgIpc) is 3.01. The quantitative estimate of drug-likeness (QED) is 0.899. The van der Waals surface area contributed by atoms with Gasteiger partial charge in [-0.1, -0.05) is 12.5 Å². The number of hydrogen-bond acceptors (Lipinski definition) is 2. The smallest absolute Gasteiger partial charge is 0.224 e. The molecule has 1 aromatic carbocycles. The number of fused-ring (bicyclic) bond motifs is 2. The highest BCUT2D eigenvalue weighted by atomic mass is 16.5. The normalized spacial score (nSPS) is 28.4. The molecule has 2 saturated carbocycles. The van der Waals surface area contributed by atoms with E-state index < -0.39 is 0 Å². The maximum absolute atomic E-state index is 12.1. The second kappa shape index (κ2) is 5.24. The number of hydrogen-bond donors (Lipinski definition) is 1. The predicted octanol–water partition coefficient (Wildman–Crippen LogP) is 3.46. The molecule has 3 atom stereocenters. The first-order valence-corrected chi connectivity index (χ1v) is 7.18. The molecule has 0 radical (unpaired) electrons. The summed E-state index contributed by atoms with van der Waals surface area (Å²) in [7, 11) is 1.64. The third kappa shape index (κ3) is 2.75. The first-order valence-electron chi connectivity index (χ1n) is 7.18. The second-order valence-electron chi connectivity index (χ2n) is 5.92. The lowest BCUT2D eigenvalue weighted by molar-refractivity contribution is -0.117. The van der Waals surface area contributed by atoms with Crippen molar-refractivity contribution in [3.05, 3.63) is 24.3 Å². The Bertz CT molecular complexity index is 472. The molecule has 0 spiro atoms. The number of rotatable bonds is 4. The summed E-state index contributed by atoms with van der Waals surface area (Å²) in [6.45, 7) is 0. The summed E-state index contributed by atoms with van der Waals surface area (Å²) in [5, 5.41) is 2.98. The molecular formula is C16H21NO2. The van der Waals surface area contributed by atoms with Crippen LogP contribution in [0.5, 0.6) is 5.75 Å². The van der Waals surface area contributed by atoms with Crippen molar-refractivity contribution >= 4 is 11.6 Å². The van der Waals surface area contributed by atoms with Crippen molar-refractivity contribution in [3.8, 4) is 5.75 Å². The van der Waals surface area contributed by atoms with Gasteiger partial charge in [0, 0.05) is 18.2 Å². The molecule has 2 aliphatic rings. The number of methoxy groups -OCH3 is 1. The van der Waals surface area contributed by atoms with E-state index in [0.717, 1.165) is 23.3 Å². The summed E-state index contributed by atoms with van der Waals surface area (Å²) in [4.78, 5) is 12.1. The molecule has 2 aliphatic carbocycles. The van der Waals surface area contributed by atoms with Gasteiger partial charge in [-0.3, -0.25) is 4.79 Å². The summed E-state index contributed by atoms with van der Waals surface area (Å²) >= 11 is 0. The Hall–Kier alpha value is -1.51. The zero-order chi connectivity index (χ0) is 13.2. The predicted molar refractivity (Wildman–Crippen MR) is 75.2 cm³/mol. The number of nitrogens with one attached hydrogen (secondary N) is 1. The highest BCUT2D eigenvalue weighted by Crippen LogP contribution is 2.49. The van der Waals surface area contributed by atoms with Crippen LogP contribution in [0.15, 0.2) is 24.3 Å². The number of carbonyl (C=O) groups excluding carboxylic acids is 1. The Morgan fingerprint density at radius 2 is 2.26 bits per heavy atom. The van der Waals surface area contributed by atoms with Crippen LogP contribution in [0.1, 0.15) is 32.1 Å². The minimum Gasteiger partial charge on any atom is -0.497 e. The van der Waals surface area contributed by atoms with E-state index >= 15 is 0 Å². The molecule has 0 aliphatic heterocycles. The van der Waals surface area contributed by atoms with Crippen LogP contribution in [0, 0.1) is 17.8 Å². The van der Waals surface area contributed by atoms with E-state index in [1.54, 1.807) is 7.11 Å². The highest BCUT2D eigenvalue weighted by molar-refractivity contribution is 5.91. The summed E-state index contributed by atoms with van der Waals surface area (Å²) in [5.41, 5.74) is 0.826. The molecule has 0 aromatic heterocycles. The summed E-state index contributed by atoms with van der Waals surface area (Å²) in [6.07, 6.45) is 6.02. The molecular weight excluding hydrogens is 238 g/mol. The highest BCUT2D eigenvalue weighted by Gasteiger charge is 2.40. The minimum atomic E-state index is 0.144. The molecule has 3 heteroatoms. The van der Waals surface area contributed by atoms with E-state index in [9.17, 15) is 4.79 Å². The molecule has 0 saturated heterocycles. The molecule has 19 heavy (non-hydrogen) atoms. The second-order valence-corrected chi connectivity index (χ2v) is 5.92. The van der Waals surface area contributed by atoms with Gasteiger partial charge in [-0.15, -0.1) is 0 Å². The van der Waals surface area contributed by atoms with Crippen LogP contribution in [0.4, 0.5) is 5.69 Å². The SMILES string of the molecule is COc1cccc(NC(=O)CC2CC3CCC2C3)c1. The molecule has 3 nitrogen and oxygen atoms in total. The molecule has 0 heterocycles. The fourth-order valence-electron chi connectivity index (χ4n) is 3.78. The fourth-order valence-corrected chi connectivity index (χ4v) is 3.78. The van der Waals surface area contributed by atoms with Gasteiger partial charge in [-0.25, -0.2) is 0 Å². The van der Waals surface area contributed by atoms with E-state index in [1.165, 1.54) is 25.7 Å². The zero-order valence-corrected chi connectivity index (χ0v) is 11.4. The fraction of sp³-hybridized carbons (Fsp3) is 0.562. The molecule has 3 rings (SSSR count). The zero-order valence-electron chi connectivity index (χ0n) is 11.4. The van der Waals surface area contributed by atoms with Crippen molar-refractivity contribution in [1.29, 1.82) is 0 Å². The van der Waals surface area contributed by atoms with Crippen molar-refractivity contribution in [2.75, 3.05) is 12.4 Å². The average molecular weight is 259 g/mol. The maximum Gasteiger partial charge on any atom is 0.224 e. The Balaban J connectivity index is 1.56. The Morgan fingerprint density at radius 3 is 2.95 bits per heavy atom. The van der Waals surface area contributed by atoms with Crippen molar-refractivity contribution in [2.45, 2.75) is 32.1 Å². The van der Waals surface area contributed by atoms with Crippen molar-refractivity contribution in [3.63, 3.8) is 0 Å². The maximum atomic E-state index is 12.1. The van der Waals surface area contributed by atoms with E-state index in [-0.39, 0.29) is 5.91 Å². The molecule has 2 fully saturated rings. The third-order valence-electron chi connectivity index (χ3n) is 4.69. The standard InChI is InChI=1S/C16H21NO2/c1-19-15-4-2-3-14(10-15)17-16(18)9-13-8-11-5-6-12(13)7-11/h2-4,10-13H,5-9H2,1H3,(H,17,18). The van der Waals surface area contributed by atoms with Crippen molar-refractivity contribution in [1.82, 2.24) is 0 Å². The lowest BCUT2D eigenvalue weighted by Crippen LogP contribution is -2.20. The van der Waals surface area contributed by atoms with E-state index in [4.69, 9.17) is 4.74 Å². The van der Waals surface area contributed by atoms with Gasteiger partial charge < -0.3 is 10.1 Å². The van der Waals surface area contributed by atoms with E-state index in [0.29, 0.717) is 12.3 Å². The number of amides is 1. The van der Waals surface area contributed by atoms with Gasteiger partial charge in [0.05, 0.1) is 7.11 Å². The number of ether oxygens (including phenoxy) is 1. The van der Waals surface area contributed by atoms with E-state index in [2.05, 4.69) is 5.32 Å². The monoisotopic (exact) mass is 259 g/mol. The lowest BCUT2D eigenvalue weighted by Gasteiger charge is -2.20. The van der Waals surface area contributed by atoms with Crippen LogP contribution >= 0.6 is 0 Å². The first-order chi connectivity index (χ1) is 9.24. The summed E-state index contributed by atoms with van der Waals surface area (Å²) in [5.74, 6) is 3.24. The molecule has 3 unspecified atom stereocenters. The molecule has 102 valence electrons. The van der Waals surface area contributed by atoms with Crippen LogP contribution in [0.25, 0.3) is 0 Å². The van der Waals surface area contributed by atoms with Crippen molar-refractivity contribution in [2.24, 2.45) is 17.8 Å². The topological polar surface area (TPSA) is 38.3 Å². The van der Waals surface area contributed by atoms with Gasteiger partial charge in [-0.05, 0) is 49.1 Å². The largest absolute Gasteiger partial charge is 0.497 e. The third-order valence-corrected chi connectivity index (χ3v) is 4.69. The molecule has 1 N–H and O–H groups in total. The van der Waals surface area contributed by atoms with Gasteiger partial charge in [0.25, 0.3) is 0 Å². The Kier molecular flexibility index (Phi) is 3.45. The van der Waals surface area contributed by atoms with Crippen molar-refractivity contribution < 1.29 is 9.53 Å². The summed E-state index contributed by atoms with van der Waals surface area (Å²) in [6, 6.07) is 7.54. The van der Waals surface area contributed by atoms with Gasteiger partial charge >= 0.3 is 0 Å². The number of anilines is 1. The number of carbonyl (C=O) groups is 1. The minimum absolute atomic E-state index is 0.144. The molecule has 1 aromatic rings. The van der Waals surface area contributed by atoms with Gasteiger partial charge in [0.1, 0.15) is 5.75 Å². The van der Waals surface area contributed by atoms with Gasteiger partial charge in [-0.2, -0.15) is 0 Å². The van der Waals surface area contributed by atoms with Crippen LogP contribution < -0.4 is 10.1 Å². The summed E-state index contributed by atoms with van der Waals surface area (Å²) < 4.78 is 5.16.